The van der Waals surface area contributed by atoms with Crippen molar-refractivity contribution < 1.29 is 0 Å². The third-order valence-electron chi connectivity index (χ3n) is 5.32. The number of hydrogen-bond donors (Lipinski definition) is 1. The minimum absolute atomic E-state index is 0.589. The van der Waals surface area contributed by atoms with Gasteiger partial charge in [-0.05, 0) is 63.1 Å². The molecule has 27 heavy (non-hydrogen) atoms. The first-order valence-electron chi connectivity index (χ1n) is 9.98. The second kappa shape index (κ2) is 8.30. The molecule has 0 bridgehead atoms. The average Bonchev–Trinajstić information content (AvgIpc) is 2.72. The van der Waals surface area contributed by atoms with Gasteiger partial charge in [-0.15, -0.1) is 0 Å². The van der Waals surface area contributed by atoms with Gasteiger partial charge in [-0.1, -0.05) is 17.7 Å². The molecule has 2 aliphatic rings. The Morgan fingerprint density at radius 3 is 1.89 bits per heavy atom. The van der Waals surface area contributed by atoms with Crippen LogP contribution in [0.4, 0.5) is 23.5 Å². The smallest absolute Gasteiger partial charge is 0.233 e. The molecule has 2 aromatic rings. The maximum Gasteiger partial charge on any atom is 0.233 e. The zero-order valence-electron chi connectivity index (χ0n) is 15.9. The third kappa shape index (κ3) is 4.43. The summed E-state index contributed by atoms with van der Waals surface area (Å²) in [6.07, 6.45) is 7.35. The van der Waals surface area contributed by atoms with E-state index in [0.29, 0.717) is 5.95 Å². The van der Waals surface area contributed by atoms with Gasteiger partial charge in [0.25, 0.3) is 0 Å². The highest BCUT2D eigenvalue weighted by atomic mass is 35.5. The molecule has 7 heteroatoms. The van der Waals surface area contributed by atoms with E-state index in [1.807, 2.05) is 25.1 Å². The molecule has 0 radical (unpaired) electrons. The van der Waals surface area contributed by atoms with Gasteiger partial charge in [-0.3, -0.25) is 0 Å². The van der Waals surface area contributed by atoms with Crippen LogP contribution >= 0.6 is 11.6 Å². The Kier molecular flexibility index (Phi) is 5.62. The van der Waals surface area contributed by atoms with Gasteiger partial charge in [0.2, 0.25) is 17.8 Å². The Morgan fingerprint density at radius 1 is 0.815 bits per heavy atom. The molecule has 3 heterocycles. The summed E-state index contributed by atoms with van der Waals surface area (Å²) in [6.45, 7) is 6.05. The van der Waals surface area contributed by atoms with Crippen LogP contribution in [0, 0.1) is 6.92 Å². The number of anilines is 4. The van der Waals surface area contributed by atoms with E-state index < -0.39 is 0 Å². The lowest BCUT2D eigenvalue weighted by atomic mass is 10.1. The van der Waals surface area contributed by atoms with E-state index in [-0.39, 0.29) is 0 Å². The quantitative estimate of drug-likeness (QED) is 0.831. The molecule has 0 atom stereocenters. The highest BCUT2D eigenvalue weighted by Crippen LogP contribution is 2.26. The lowest BCUT2D eigenvalue weighted by Crippen LogP contribution is -2.34. The zero-order valence-corrected chi connectivity index (χ0v) is 16.7. The van der Waals surface area contributed by atoms with E-state index in [1.165, 1.54) is 38.5 Å². The predicted octanol–water partition coefficient (Wildman–Crippen LogP) is 4.56. The molecular formula is C20H27ClN6. The fourth-order valence-electron chi connectivity index (χ4n) is 3.68. The van der Waals surface area contributed by atoms with Crippen LogP contribution in [0.3, 0.4) is 0 Å². The van der Waals surface area contributed by atoms with Crippen LogP contribution in [0.5, 0.6) is 0 Å². The monoisotopic (exact) mass is 386 g/mol. The second-order valence-electron chi connectivity index (χ2n) is 7.44. The van der Waals surface area contributed by atoms with Gasteiger partial charge >= 0.3 is 0 Å². The predicted molar refractivity (Wildman–Crippen MR) is 111 cm³/mol. The molecule has 1 aromatic carbocycles. The number of rotatable bonds is 4. The van der Waals surface area contributed by atoms with Crippen LogP contribution in [-0.2, 0) is 0 Å². The molecule has 2 fully saturated rings. The topological polar surface area (TPSA) is 57.2 Å². The Hall–Kier alpha value is -2.08. The van der Waals surface area contributed by atoms with E-state index in [2.05, 4.69) is 15.1 Å². The van der Waals surface area contributed by atoms with Gasteiger partial charge in [0.15, 0.2) is 0 Å². The first-order chi connectivity index (χ1) is 13.2. The molecule has 144 valence electrons. The zero-order chi connectivity index (χ0) is 18.6. The van der Waals surface area contributed by atoms with Crippen molar-refractivity contribution in [3.8, 4) is 0 Å². The summed E-state index contributed by atoms with van der Waals surface area (Å²) in [4.78, 5) is 18.8. The number of nitrogens with zero attached hydrogens (tertiary/aromatic N) is 5. The average molecular weight is 387 g/mol. The van der Waals surface area contributed by atoms with Gasteiger partial charge in [0.1, 0.15) is 0 Å². The summed E-state index contributed by atoms with van der Waals surface area (Å²) < 4.78 is 0. The van der Waals surface area contributed by atoms with E-state index in [1.54, 1.807) is 0 Å². The molecule has 2 saturated heterocycles. The van der Waals surface area contributed by atoms with Crippen LogP contribution in [0.2, 0.25) is 5.02 Å². The number of aryl methyl sites for hydroxylation is 1. The van der Waals surface area contributed by atoms with Gasteiger partial charge in [-0.2, -0.15) is 15.0 Å². The maximum atomic E-state index is 6.28. The number of hydrogen-bond acceptors (Lipinski definition) is 6. The Morgan fingerprint density at radius 2 is 1.37 bits per heavy atom. The van der Waals surface area contributed by atoms with E-state index in [9.17, 15) is 0 Å². The summed E-state index contributed by atoms with van der Waals surface area (Å²) in [5.74, 6) is 2.16. The summed E-state index contributed by atoms with van der Waals surface area (Å²) in [6, 6.07) is 5.93. The first-order valence-corrected chi connectivity index (χ1v) is 10.4. The van der Waals surface area contributed by atoms with E-state index >= 15 is 0 Å². The SMILES string of the molecule is Cc1ccc(Nc2nc(N3CCCCC3)nc(N3CCCCC3)n2)cc1Cl. The molecule has 1 aromatic heterocycles. The van der Waals surface area contributed by atoms with Crippen molar-refractivity contribution in [1.82, 2.24) is 15.0 Å². The van der Waals surface area contributed by atoms with Crippen molar-refractivity contribution in [3.05, 3.63) is 28.8 Å². The summed E-state index contributed by atoms with van der Waals surface area (Å²) in [5, 5.41) is 4.07. The lowest BCUT2D eigenvalue weighted by molar-refractivity contribution is 0.556. The van der Waals surface area contributed by atoms with E-state index in [0.717, 1.165) is 54.3 Å². The largest absolute Gasteiger partial charge is 0.341 e. The van der Waals surface area contributed by atoms with Gasteiger partial charge < -0.3 is 15.1 Å². The van der Waals surface area contributed by atoms with Gasteiger partial charge in [0, 0.05) is 36.9 Å². The summed E-state index contributed by atoms with van der Waals surface area (Å²) in [7, 11) is 0. The molecule has 6 nitrogen and oxygen atoms in total. The minimum Gasteiger partial charge on any atom is -0.341 e. The standard InChI is InChI=1S/C20H27ClN6/c1-15-8-9-16(14-17(15)21)22-18-23-19(26-10-4-2-5-11-26)25-20(24-18)27-12-6-3-7-13-27/h8-9,14H,2-7,10-13H2,1H3,(H,22,23,24,25). The molecule has 0 aliphatic carbocycles. The normalized spacial score (nSPS) is 17.9. The number of benzene rings is 1. The van der Waals surface area contributed by atoms with E-state index in [4.69, 9.17) is 26.6 Å². The van der Waals surface area contributed by atoms with Crippen molar-refractivity contribution in [2.45, 2.75) is 45.4 Å². The summed E-state index contributed by atoms with van der Waals surface area (Å²) in [5.41, 5.74) is 1.95. The molecule has 0 amide bonds. The first kappa shape index (κ1) is 18.3. The highest BCUT2D eigenvalue weighted by Gasteiger charge is 2.20. The lowest BCUT2D eigenvalue weighted by Gasteiger charge is -2.30. The van der Waals surface area contributed by atoms with Crippen molar-refractivity contribution in [3.63, 3.8) is 0 Å². The minimum atomic E-state index is 0.589. The Bertz CT molecular complexity index is 748. The van der Waals surface area contributed by atoms with Crippen LogP contribution in [-0.4, -0.2) is 41.1 Å². The maximum absolute atomic E-state index is 6.28. The van der Waals surface area contributed by atoms with Crippen LogP contribution < -0.4 is 15.1 Å². The van der Waals surface area contributed by atoms with Crippen molar-refractivity contribution in [1.29, 1.82) is 0 Å². The molecular weight excluding hydrogens is 360 g/mol. The fourth-order valence-corrected chi connectivity index (χ4v) is 3.86. The van der Waals surface area contributed by atoms with Crippen molar-refractivity contribution in [2.24, 2.45) is 0 Å². The third-order valence-corrected chi connectivity index (χ3v) is 5.72. The number of piperidine rings is 2. The number of halogens is 1. The summed E-state index contributed by atoms with van der Waals surface area (Å²) >= 11 is 6.28. The Labute approximate surface area is 166 Å². The van der Waals surface area contributed by atoms with Gasteiger partial charge in [0.05, 0.1) is 0 Å². The fraction of sp³-hybridized carbons (Fsp3) is 0.550. The van der Waals surface area contributed by atoms with Crippen LogP contribution in [0.15, 0.2) is 18.2 Å². The number of nitrogens with one attached hydrogen (secondary N) is 1. The Balaban J connectivity index is 1.64. The highest BCUT2D eigenvalue weighted by molar-refractivity contribution is 6.31. The molecule has 2 aliphatic heterocycles. The van der Waals surface area contributed by atoms with Crippen molar-refractivity contribution >= 4 is 35.1 Å². The molecule has 0 saturated carbocycles. The van der Waals surface area contributed by atoms with Gasteiger partial charge in [-0.25, -0.2) is 0 Å². The van der Waals surface area contributed by atoms with Crippen LogP contribution in [0.25, 0.3) is 0 Å². The molecule has 0 spiro atoms. The molecule has 1 N–H and O–H groups in total. The second-order valence-corrected chi connectivity index (χ2v) is 7.85. The number of aromatic nitrogens is 3. The molecule has 0 unspecified atom stereocenters. The molecule has 4 rings (SSSR count). The van der Waals surface area contributed by atoms with Crippen molar-refractivity contribution in [2.75, 3.05) is 41.3 Å². The van der Waals surface area contributed by atoms with Crippen LogP contribution in [0.1, 0.15) is 44.1 Å².